The number of benzene rings is 1. The number of allylic oxidation sites excluding steroid dienone is 1. The molecule has 10 heteroatoms. The zero-order chi connectivity index (χ0) is 22.5. The van der Waals surface area contributed by atoms with Gasteiger partial charge in [-0.2, -0.15) is 0 Å². The van der Waals surface area contributed by atoms with Gasteiger partial charge in [-0.15, -0.1) is 0 Å². The Balaban J connectivity index is 1.48. The molecule has 0 fully saturated rings. The lowest BCUT2D eigenvalue weighted by atomic mass is 10.1. The van der Waals surface area contributed by atoms with E-state index in [1.54, 1.807) is 26.0 Å². The third-order valence-corrected chi connectivity index (χ3v) is 6.19. The zero-order valence-electron chi connectivity index (χ0n) is 17.6. The SMILES string of the molecule is CC(C)(COCCCn1ccc(=O)[nH]c1=O)NS(=O)(=O)c1cccc(OCC2=CC2)c1. The number of hydrogen-bond donors (Lipinski definition) is 2. The zero-order valence-corrected chi connectivity index (χ0v) is 18.4. The van der Waals surface area contributed by atoms with Crippen LogP contribution in [0.3, 0.4) is 0 Å². The van der Waals surface area contributed by atoms with Crippen molar-refractivity contribution in [3.63, 3.8) is 0 Å². The van der Waals surface area contributed by atoms with E-state index in [-0.39, 0.29) is 11.5 Å². The second kappa shape index (κ2) is 9.63. The Kier molecular flexibility index (Phi) is 7.14. The van der Waals surface area contributed by atoms with Gasteiger partial charge in [0, 0.05) is 31.5 Å². The molecule has 1 aliphatic rings. The van der Waals surface area contributed by atoms with Crippen LogP contribution in [0.15, 0.2) is 62.7 Å². The number of nitrogens with one attached hydrogen (secondary N) is 2. The summed E-state index contributed by atoms with van der Waals surface area (Å²) >= 11 is 0. The molecule has 1 aromatic carbocycles. The lowest BCUT2D eigenvalue weighted by Crippen LogP contribution is -2.46. The van der Waals surface area contributed by atoms with Crippen LogP contribution in [-0.2, 0) is 21.3 Å². The van der Waals surface area contributed by atoms with Crippen LogP contribution in [0.5, 0.6) is 5.75 Å². The van der Waals surface area contributed by atoms with Crippen molar-refractivity contribution in [3.05, 3.63) is 69.0 Å². The minimum absolute atomic E-state index is 0.125. The molecule has 1 heterocycles. The second-order valence-electron chi connectivity index (χ2n) is 8.03. The molecule has 1 aliphatic carbocycles. The lowest BCUT2D eigenvalue weighted by Gasteiger charge is -2.26. The van der Waals surface area contributed by atoms with Crippen LogP contribution < -0.4 is 20.7 Å². The van der Waals surface area contributed by atoms with E-state index in [1.807, 2.05) is 0 Å². The Hall–Kier alpha value is -2.69. The molecule has 0 saturated carbocycles. The number of ether oxygens (including phenoxy) is 2. The number of sulfonamides is 1. The maximum atomic E-state index is 12.8. The fraction of sp³-hybridized carbons (Fsp3) is 0.429. The maximum absolute atomic E-state index is 12.8. The average molecular weight is 450 g/mol. The number of hydrogen-bond acceptors (Lipinski definition) is 6. The summed E-state index contributed by atoms with van der Waals surface area (Å²) in [5.41, 5.74) is -0.553. The van der Waals surface area contributed by atoms with Crippen molar-refractivity contribution in [2.75, 3.05) is 19.8 Å². The van der Waals surface area contributed by atoms with E-state index in [0.29, 0.717) is 31.9 Å². The molecule has 9 nitrogen and oxygen atoms in total. The Morgan fingerprint density at radius 1 is 1.23 bits per heavy atom. The molecular formula is C21H27N3O6S. The molecule has 31 heavy (non-hydrogen) atoms. The standard InChI is InChI=1S/C21H27N3O6S/c1-21(2,15-29-12-4-10-24-11-9-19(25)22-20(24)26)23-31(27,28)18-6-3-5-17(13-18)30-14-16-7-8-16/h3,5-7,9,11,13,23H,4,8,10,12,14-15H2,1-2H3,(H,22,25,26). The van der Waals surface area contributed by atoms with Crippen molar-refractivity contribution in [2.45, 2.75) is 43.7 Å². The first kappa shape index (κ1) is 23.0. The maximum Gasteiger partial charge on any atom is 0.328 e. The summed E-state index contributed by atoms with van der Waals surface area (Å²) in [6.45, 7) is 4.80. The van der Waals surface area contributed by atoms with Gasteiger partial charge in [0.25, 0.3) is 5.56 Å². The van der Waals surface area contributed by atoms with E-state index in [4.69, 9.17) is 9.47 Å². The van der Waals surface area contributed by atoms with Gasteiger partial charge >= 0.3 is 5.69 Å². The van der Waals surface area contributed by atoms with Crippen LogP contribution in [0.4, 0.5) is 0 Å². The van der Waals surface area contributed by atoms with E-state index in [0.717, 1.165) is 6.42 Å². The molecule has 1 aromatic heterocycles. The summed E-state index contributed by atoms with van der Waals surface area (Å²) in [6.07, 6.45) is 4.97. The first-order chi connectivity index (χ1) is 14.6. The number of H-pyrrole nitrogens is 1. The first-order valence-corrected chi connectivity index (χ1v) is 11.5. The normalized spacial score (nSPS) is 13.7. The quantitative estimate of drug-likeness (QED) is 0.374. The van der Waals surface area contributed by atoms with Gasteiger partial charge in [-0.25, -0.2) is 17.9 Å². The van der Waals surface area contributed by atoms with Crippen LogP contribution >= 0.6 is 0 Å². The van der Waals surface area contributed by atoms with Gasteiger partial charge in [0.2, 0.25) is 10.0 Å². The Labute approximate surface area is 180 Å². The van der Waals surface area contributed by atoms with Crippen LogP contribution in [0.1, 0.15) is 26.7 Å². The number of nitrogens with zero attached hydrogens (tertiary/aromatic N) is 1. The molecule has 2 aromatic rings. The predicted octanol–water partition coefficient (Wildman–Crippen LogP) is 1.41. The largest absolute Gasteiger partial charge is 0.489 e. The molecule has 0 aliphatic heterocycles. The highest BCUT2D eigenvalue weighted by atomic mass is 32.2. The van der Waals surface area contributed by atoms with Crippen molar-refractivity contribution in [3.8, 4) is 5.75 Å². The molecule has 0 atom stereocenters. The summed E-state index contributed by atoms with van der Waals surface area (Å²) < 4.78 is 40.8. The smallest absolute Gasteiger partial charge is 0.328 e. The molecule has 3 rings (SSSR count). The summed E-state index contributed by atoms with van der Waals surface area (Å²) in [5, 5.41) is 0. The number of aryl methyl sites for hydroxylation is 1. The summed E-state index contributed by atoms with van der Waals surface area (Å²) in [7, 11) is -3.76. The van der Waals surface area contributed by atoms with Crippen molar-refractivity contribution in [2.24, 2.45) is 0 Å². The molecule has 0 bridgehead atoms. The van der Waals surface area contributed by atoms with E-state index < -0.39 is 26.8 Å². The molecule has 0 saturated heterocycles. The summed E-state index contributed by atoms with van der Waals surface area (Å²) in [4.78, 5) is 25.0. The molecule has 0 spiro atoms. The van der Waals surface area contributed by atoms with Crippen molar-refractivity contribution in [1.82, 2.24) is 14.3 Å². The molecule has 0 radical (unpaired) electrons. The van der Waals surface area contributed by atoms with Gasteiger partial charge in [-0.1, -0.05) is 12.1 Å². The second-order valence-corrected chi connectivity index (χ2v) is 9.71. The Bertz CT molecular complexity index is 1160. The van der Waals surface area contributed by atoms with E-state index in [2.05, 4.69) is 15.8 Å². The van der Waals surface area contributed by atoms with Crippen LogP contribution in [0.25, 0.3) is 0 Å². The van der Waals surface area contributed by atoms with E-state index in [1.165, 1.54) is 34.5 Å². The molecular weight excluding hydrogens is 422 g/mol. The van der Waals surface area contributed by atoms with Gasteiger partial charge in [-0.05, 0) is 44.4 Å². The fourth-order valence-corrected chi connectivity index (χ4v) is 4.27. The molecule has 0 unspecified atom stereocenters. The van der Waals surface area contributed by atoms with Gasteiger partial charge < -0.3 is 14.0 Å². The first-order valence-electron chi connectivity index (χ1n) is 9.97. The molecule has 168 valence electrons. The average Bonchev–Trinajstić information content (AvgIpc) is 3.51. The minimum Gasteiger partial charge on any atom is -0.489 e. The summed E-state index contributed by atoms with van der Waals surface area (Å²) in [6, 6.07) is 7.68. The van der Waals surface area contributed by atoms with Crippen LogP contribution in [-0.4, -0.2) is 43.3 Å². The topological polar surface area (TPSA) is 119 Å². The van der Waals surface area contributed by atoms with Gasteiger partial charge in [0.15, 0.2) is 0 Å². The Morgan fingerprint density at radius 3 is 2.71 bits per heavy atom. The summed E-state index contributed by atoms with van der Waals surface area (Å²) in [5.74, 6) is 0.502. The minimum atomic E-state index is -3.76. The van der Waals surface area contributed by atoms with Crippen molar-refractivity contribution in [1.29, 1.82) is 0 Å². The molecule has 0 amide bonds. The number of aromatic nitrogens is 2. The highest BCUT2D eigenvalue weighted by molar-refractivity contribution is 7.89. The highest BCUT2D eigenvalue weighted by Crippen LogP contribution is 2.23. The predicted molar refractivity (Wildman–Crippen MR) is 116 cm³/mol. The monoisotopic (exact) mass is 449 g/mol. The van der Waals surface area contributed by atoms with E-state index in [9.17, 15) is 18.0 Å². The van der Waals surface area contributed by atoms with Crippen molar-refractivity contribution >= 4 is 10.0 Å². The number of rotatable bonds is 12. The van der Waals surface area contributed by atoms with E-state index >= 15 is 0 Å². The highest BCUT2D eigenvalue weighted by Gasteiger charge is 2.27. The fourth-order valence-electron chi connectivity index (χ4n) is 2.83. The van der Waals surface area contributed by atoms with Gasteiger partial charge in [-0.3, -0.25) is 9.78 Å². The van der Waals surface area contributed by atoms with Crippen LogP contribution in [0.2, 0.25) is 0 Å². The van der Waals surface area contributed by atoms with Crippen molar-refractivity contribution < 1.29 is 17.9 Å². The number of aromatic amines is 1. The van der Waals surface area contributed by atoms with Crippen LogP contribution in [0, 0.1) is 0 Å². The van der Waals surface area contributed by atoms with Gasteiger partial charge in [0.05, 0.1) is 17.0 Å². The van der Waals surface area contributed by atoms with Gasteiger partial charge in [0.1, 0.15) is 12.4 Å². The third kappa shape index (κ3) is 7.20. The lowest BCUT2D eigenvalue weighted by molar-refractivity contribution is 0.0872. The molecule has 2 N–H and O–H groups in total. The third-order valence-electron chi connectivity index (χ3n) is 4.49. The Morgan fingerprint density at radius 2 is 2.00 bits per heavy atom.